The summed E-state index contributed by atoms with van der Waals surface area (Å²) < 4.78 is 0. The lowest BCUT2D eigenvalue weighted by molar-refractivity contribution is 1.13. The van der Waals surface area contributed by atoms with Crippen LogP contribution in [-0.2, 0) is 0 Å². The molecular formula is C18H18N4S. The maximum atomic E-state index is 4.54. The van der Waals surface area contributed by atoms with Gasteiger partial charge in [-0.1, -0.05) is 42.5 Å². The molecule has 0 saturated carbocycles. The lowest BCUT2D eigenvalue weighted by Gasteiger charge is -2.11. The Morgan fingerprint density at radius 2 is 1.78 bits per heavy atom. The molecule has 0 aliphatic rings. The predicted molar refractivity (Wildman–Crippen MR) is 99.5 cm³/mol. The van der Waals surface area contributed by atoms with Crippen molar-refractivity contribution < 1.29 is 0 Å². The summed E-state index contributed by atoms with van der Waals surface area (Å²) in [7, 11) is 4.05. The average Bonchev–Trinajstić information content (AvgIpc) is 3.05. The van der Waals surface area contributed by atoms with Gasteiger partial charge in [0.25, 0.3) is 0 Å². The first kappa shape index (κ1) is 15.2. The molecule has 3 aromatic rings. The van der Waals surface area contributed by atoms with Gasteiger partial charge in [-0.3, -0.25) is 5.43 Å². The summed E-state index contributed by atoms with van der Waals surface area (Å²) >= 11 is 1.54. The number of anilines is 2. The van der Waals surface area contributed by atoms with E-state index in [1.807, 2.05) is 49.8 Å². The number of nitrogens with one attached hydrogen (secondary N) is 1. The largest absolute Gasteiger partial charge is 0.378 e. The van der Waals surface area contributed by atoms with Gasteiger partial charge in [0.2, 0.25) is 5.13 Å². The Labute approximate surface area is 140 Å². The number of hydrogen-bond donors (Lipinski definition) is 1. The van der Waals surface area contributed by atoms with Gasteiger partial charge in [-0.2, -0.15) is 5.10 Å². The lowest BCUT2D eigenvalue weighted by Crippen LogP contribution is -2.08. The molecule has 0 unspecified atom stereocenters. The second kappa shape index (κ2) is 7.07. The maximum absolute atomic E-state index is 4.54. The zero-order valence-electron chi connectivity index (χ0n) is 13.1. The van der Waals surface area contributed by atoms with Gasteiger partial charge < -0.3 is 4.90 Å². The lowest BCUT2D eigenvalue weighted by atomic mass is 10.2. The van der Waals surface area contributed by atoms with Crippen LogP contribution in [0.15, 0.2) is 65.1 Å². The van der Waals surface area contributed by atoms with Crippen LogP contribution in [0.1, 0.15) is 5.56 Å². The van der Waals surface area contributed by atoms with E-state index in [2.05, 4.69) is 44.7 Å². The van der Waals surface area contributed by atoms with Gasteiger partial charge in [-0.25, -0.2) is 4.98 Å². The third-order valence-electron chi connectivity index (χ3n) is 3.36. The Hall–Kier alpha value is -2.66. The molecule has 116 valence electrons. The van der Waals surface area contributed by atoms with Gasteiger partial charge in [0.1, 0.15) is 0 Å². The van der Waals surface area contributed by atoms with E-state index < -0.39 is 0 Å². The third kappa shape index (κ3) is 3.96. The van der Waals surface area contributed by atoms with Crippen LogP contribution in [-0.4, -0.2) is 25.3 Å². The fraction of sp³-hybridized carbons (Fsp3) is 0.111. The summed E-state index contributed by atoms with van der Waals surface area (Å²) in [4.78, 5) is 6.61. The molecule has 0 amide bonds. The van der Waals surface area contributed by atoms with Crippen molar-refractivity contribution in [3.63, 3.8) is 0 Å². The summed E-state index contributed by atoms with van der Waals surface area (Å²) in [6, 6.07) is 18.3. The van der Waals surface area contributed by atoms with Crippen LogP contribution < -0.4 is 10.3 Å². The van der Waals surface area contributed by atoms with E-state index in [9.17, 15) is 0 Å². The Morgan fingerprint density at radius 1 is 1.04 bits per heavy atom. The van der Waals surface area contributed by atoms with E-state index in [1.54, 1.807) is 17.6 Å². The van der Waals surface area contributed by atoms with E-state index in [4.69, 9.17) is 0 Å². The minimum atomic E-state index is 0.782. The fourth-order valence-corrected chi connectivity index (χ4v) is 2.76. The van der Waals surface area contributed by atoms with Gasteiger partial charge in [0.05, 0.1) is 11.9 Å². The number of benzene rings is 2. The number of hydrogen-bond acceptors (Lipinski definition) is 5. The molecule has 0 saturated heterocycles. The summed E-state index contributed by atoms with van der Waals surface area (Å²) in [5.41, 5.74) is 7.27. The Balaban J connectivity index is 1.63. The highest BCUT2D eigenvalue weighted by molar-refractivity contribution is 7.14. The standard InChI is InChI=1S/C18H18N4S/c1-22(2)16-10-8-14(9-11-16)12-19-21-18-20-17(13-23-18)15-6-4-3-5-7-15/h3-13H,1-2H3,(H,20,21)/b19-12-. The van der Waals surface area contributed by atoms with Gasteiger partial charge in [0, 0.05) is 30.7 Å². The number of nitrogens with zero attached hydrogens (tertiary/aromatic N) is 3. The molecular weight excluding hydrogens is 304 g/mol. The fourth-order valence-electron chi connectivity index (χ4n) is 2.09. The van der Waals surface area contributed by atoms with Crippen LogP contribution in [0, 0.1) is 0 Å². The van der Waals surface area contributed by atoms with Crippen LogP contribution in [0.2, 0.25) is 0 Å². The number of rotatable bonds is 5. The molecule has 1 aromatic heterocycles. The molecule has 0 bridgehead atoms. The topological polar surface area (TPSA) is 40.5 Å². The molecule has 4 nitrogen and oxygen atoms in total. The number of thiazole rings is 1. The molecule has 0 aliphatic carbocycles. The van der Waals surface area contributed by atoms with E-state index in [0.717, 1.165) is 22.0 Å². The summed E-state index contributed by atoms with van der Waals surface area (Å²) in [6.07, 6.45) is 1.79. The molecule has 1 heterocycles. The van der Waals surface area contributed by atoms with Crippen molar-refractivity contribution in [3.8, 4) is 11.3 Å². The summed E-state index contributed by atoms with van der Waals surface area (Å²) in [6.45, 7) is 0. The van der Waals surface area contributed by atoms with Crippen molar-refractivity contribution in [2.75, 3.05) is 24.4 Å². The molecule has 2 aromatic carbocycles. The van der Waals surface area contributed by atoms with Crippen LogP contribution in [0.25, 0.3) is 11.3 Å². The second-order valence-electron chi connectivity index (χ2n) is 5.26. The minimum Gasteiger partial charge on any atom is -0.378 e. The van der Waals surface area contributed by atoms with Gasteiger partial charge in [0.15, 0.2) is 0 Å². The van der Waals surface area contributed by atoms with Crippen LogP contribution >= 0.6 is 11.3 Å². The zero-order chi connectivity index (χ0) is 16.1. The zero-order valence-corrected chi connectivity index (χ0v) is 13.9. The van der Waals surface area contributed by atoms with Gasteiger partial charge in [-0.15, -0.1) is 11.3 Å². The molecule has 5 heteroatoms. The van der Waals surface area contributed by atoms with Gasteiger partial charge >= 0.3 is 0 Å². The summed E-state index contributed by atoms with van der Waals surface area (Å²) in [5, 5.41) is 7.06. The predicted octanol–water partition coefficient (Wildman–Crippen LogP) is 4.32. The maximum Gasteiger partial charge on any atom is 0.203 e. The van der Waals surface area contributed by atoms with Crippen molar-refractivity contribution in [1.82, 2.24) is 4.98 Å². The monoisotopic (exact) mass is 322 g/mol. The smallest absolute Gasteiger partial charge is 0.203 e. The van der Waals surface area contributed by atoms with Crippen molar-refractivity contribution >= 4 is 28.4 Å². The Kier molecular flexibility index (Phi) is 4.68. The minimum absolute atomic E-state index is 0.782. The van der Waals surface area contributed by atoms with Crippen molar-refractivity contribution in [3.05, 3.63) is 65.5 Å². The molecule has 0 atom stereocenters. The van der Waals surface area contributed by atoms with E-state index in [0.29, 0.717) is 0 Å². The Bertz CT molecular complexity index is 776. The van der Waals surface area contributed by atoms with Crippen molar-refractivity contribution in [2.24, 2.45) is 5.10 Å². The first-order valence-electron chi connectivity index (χ1n) is 7.30. The normalized spacial score (nSPS) is 10.9. The highest BCUT2D eigenvalue weighted by Crippen LogP contribution is 2.24. The molecule has 1 N–H and O–H groups in total. The highest BCUT2D eigenvalue weighted by atomic mass is 32.1. The average molecular weight is 322 g/mol. The molecule has 0 aliphatic heterocycles. The Morgan fingerprint density at radius 3 is 2.48 bits per heavy atom. The summed E-state index contributed by atoms with van der Waals surface area (Å²) in [5.74, 6) is 0. The molecule has 3 rings (SSSR count). The quantitative estimate of drug-likeness (QED) is 0.562. The van der Waals surface area contributed by atoms with Crippen LogP contribution in [0.3, 0.4) is 0 Å². The first-order chi connectivity index (χ1) is 11.2. The van der Waals surface area contributed by atoms with E-state index in [1.165, 1.54) is 5.69 Å². The SMILES string of the molecule is CN(C)c1ccc(/C=N\Nc2nc(-c3ccccc3)cs2)cc1. The molecule has 0 spiro atoms. The number of hydrazone groups is 1. The van der Waals surface area contributed by atoms with Crippen LogP contribution in [0.5, 0.6) is 0 Å². The molecule has 0 fully saturated rings. The first-order valence-corrected chi connectivity index (χ1v) is 8.18. The molecule has 0 radical (unpaired) electrons. The van der Waals surface area contributed by atoms with Crippen molar-refractivity contribution in [1.29, 1.82) is 0 Å². The van der Waals surface area contributed by atoms with Crippen LogP contribution in [0.4, 0.5) is 10.8 Å². The second-order valence-corrected chi connectivity index (χ2v) is 6.12. The van der Waals surface area contributed by atoms with E-state index >= 15 is 0 Å². The van der Waals surface area contributed by atoms with E-state index in [-0.39, 0.29) is 0 Å². The van der Waals surface area contributed by atoms with Crippen molar-refractivity contribution in [2.45, 2.75) is 0 Å². The van der Waals surface area contributed by atoms with Gasteiger partial charge in [-0.05, 0) is 17.7 Å². The third-order valence-corrected chi connectivity index (χ3v) is 4.10. The highest BCUT2D eigenvalue weighted by Gasteiger charge is 2.02. The number of aromatic nitrogens is 1. The molecule has 23 heavy (non-hydrogen) atoms.